The number of benzene rings is 1. The Morgan fingerprint density at radius 1 is 1.20 bits per heavy atom. The van der Waals surface area contributed by atoms with Crippen molar-refractivity contribution >= 4 is 16.3 Å². The average molecular weight is 215 g/mol. The zero-order valence-electron chi connectivity index (χ0n) is 9.93. The van der Waals surface area contributed by atoms with Crippen molar-refractivity contribution < 1.29 is 0 Å². The van der Waals surface area contributed by atoms with Gasteiger partial charge in [0.2, 0.25) is 0 Å². The maximum atomic E-state index is 3.64. The van der Waals surface area contributed by atoms with Gasteiger partial charge in [-0.25, -0.2) is 0 Å². The number of hydrogen-bond donors (Lipinski definition) is 0. The van der Waals surface area contributed by atoms with Crippen LogP contribution in [0.5, 0.6) is 0 Å². The smallest absolute Gasteiger partial charge is 0.0650 e. The van der Waals surface area contributed by atoms with Crippen LogP contribution in [0.1, 0.15) is 43.9 Å². The molecule has 0 aliphatic carbocycles. The highest BCUT2D eigenvalue weighted by Gasteiger charge is 2.02. The van der Waals surface area contributed by atoms with E-state index in [1.165, 1.54) is 21.9 Å². The molecule has 1 rings (SSSR count). The Morgan fingerprint density at radius 2 is 1.93 bits per heavy atom. The quantitative estimate of drug-likeness (QED) is 0.671. The third-order valence-corrected chi connectivity index (χ3v) is 3.25. The van der Waals surface area contributed by atoms with Gasteiger partial charge in [0.25, 0.3) is 0 Å². The molecule has 0 aliphatic heterocycles. The molecule has 0 unspecified atom stereocenters. The van der Waals surface area contributed by atoms with Crippen LogP contribution in [-0.2, 0) is 12.8 Å². The van der Waals surface area contributed by atoms with Crippen LogP contribution in [0.2, 0.25) is 0 Å². The summed E-state index contributed by atoms with van der Waals surface area (Å²) in [7, 11) is 3.64. The molecule has 0 bridgehead atoms. The summed E-state index contributed by atoms with van der Waals surface area (Å²) in [4.78, 5) is 0. The van der Waals surface area contributed by atoms with Crippen molar-refractivity contribution in [3.8, 4) is 0 Å². The molecule has 1 aromatic rings. The fourth-order valence-corrected chi connectivity index (χ4v) is 2.00. The van der Waals surface area contributed by atoms with Crippen molar-refractivity contribution in [1.29, 1.82) is 0 Å². The number of rotatable bonds is 4. The van der Waals surface area contributed by atoms with Gasteiger partial charge in [-0.15, -0.1) is 0 Å². The molecule has 0 N–H and O–H groups in total. The molecule has 1 aromatic carbocycles. The molecule has 3 radical (unpaired) electrons. The first-order valence-corrected chi connectivity index (χ1v) is 6.25. The lowest BCUT2D eigenvalue weighted by molar-refractivity contribution is 1.03. The van der Waals surface area contributed by atoms with E-state index in [9.17, 15) is 0 Å². The number of aryl methyl sites for hydroxylation is 1. The maximum Gasteiger partial charge on any atom is 0.0650 e. The standard InChI is InChI=1S/C14H19Si/c1-4-11-8-7-9-12(14(11)6-3)10-13(15)5-2/h7-10H,4-6H2,1-3H3/b13-10+. The van der Waals surface area contributed by atoms with Crippen molar-refractivity contribution in [1.82, 2.24) is 0 Å². The zero-order valence-corrected chi connectivity index (χ0v) is 10.9. The molecule has 15 heavy (non-hydrogen) atoms. The Hall–Kier alpha value is -0.823. The number of allylic oxidation sites excluding steroid dienone is 1. The largest absolute Gasteiger partial charge is 0.0881 e. The minimum Gasteiger partial charge on any atom is -0.0881 e. The van der Waals surface area contributed by atoms with E-state index >= 15 is 0 Å². The Kier molecular flexibility index (Phi) is 4.83. The summed E-state index contributed by atoms with van der Waals surface area (Å²) in [6, 6.07) is 6.59. The van der Waals surface area contributed by atoms with E-state index in [0.29, 0.717) is 0 Å². The molecule has 79 valence electrons. The average Bonchev–Trinajstić information content (AvgIpc) is 2.28. The van der Waals surface area contributed by atoms with Gasteiger partial charge < -0.3 is 0 Å². The Bertz CT molecular complexity index is 350. The summed E-state index contributed by atoms with van der Waals surface area (Å²) in [5.41, 5.74) is 4.33. The van der Waals surface area contributed by atoms with Crippen molar-refractivity contribution in [3.05, 3.63) is 40.1 Å². The van der Waals surface area contributed by atoms with E-state index in [0.717, 1.165) is 19.3 Å². The SMILES string of the molecule is CC/C([Si])=C\c1cccc(CC)c1CC. The van der Waals surface area contributed by atoms with Gasteiger partial charge in [0, 0.05) is 0 Å². The maximum absolute atomic E-state index is 3.64. The van der Waals surface area contributed by atoms with Gasteiger partial charge in [0.1, 0.15) is 0 Å². The highest BCUT2D eigenvalue weighted by atomic mass is 28.1. The fraction of sp³-hybridized carbons (Fsp3) is 0.429. The first-order chi connectivity index (χ1) is 7.22. The molecule has 0 atom stereocenters. The van der Waals surface area contributed by atoms with E-state index in [4.69, 9.17) is 0 Å². The molecular weight excluding hydrogens is 196 g/mol. The Morgan fingerprint density at radius 3 is 2.47 bits per heavy atom. The summed E-state index contributed by atoms with van der Waals surface area (Å²) in [5.74, 6) is 0. The van der Waals surface area contributed by atoms with Crippen molar-refractivity contribution in [2.75, 3.05) is 0 Å². The Balaban J connectivity index is 3.17. The third-order valence-electron chi connectivity index (χ3n) is 2.75. The van der Waals surface area contributed by atoms with E-state index in [2.05, 4.69) is 55.3 Å². The van der Waals surface area contributed by atoms with Gasteiger partial charge in [0.15, 0.2) is 0 Å². The second-order valence-corrected chi connectivity index (χ2v) is 4.36. The first kappa shape index (κ1) is 12.2. The van der Waals surface area contributed by atoms with Crippen molar-refractivity contribution in [2.24, 2.45) is 0 Å². The van der Waals surface area contributed by atoms with Gasteiger partial charge in [-0.1, -0.05) is 50.2 Å². The van der Waals surface area contributed by atoms with Crippen molar-refractivity contribution in [2.45, 2.75) is 40.0 Å². The monoisotopic (exact) mass is 215 g/mol. The van der Waals surface area contributed by atoms with Crippen molar-refractivity contribution in [3.63, 3.8) is 0 Å². The minimum atomic E-state index is 1.05. The van der Waals surface area contributed by atoms with Crippen LogP contribution in [-0.4, -0.2) is 10.2 Å². The molecule has 0 aromatic heterocycles. The summed E-state index contributed by atoms with van der Waals surface area (Å²) >= 11 is 0. The topological polar surface area (TPSA) is 0 Å². The van der Waals surface area contributed by atoms with Crippen LogP contribution in [0, 0.1) is 0 Å². The second kappa shape index (κ2) is 5.91. The highest BCUT2D eigenvalue weighted by molar-refractivity contribution is 6.23. The van der Waals surface area contributed by atoms with E-state index in [1.807, 2.05) is 0 Å². The van der Waals surface area contributed by atoms with E-state index in [-0.39, 0.29) is 0 Å². The lowest BCUT2D eigenvalue weighted by atomic mass is 9.97. The fourth-order valence-electron chi connectivity index (χ4n) is 1.84. The first-order valence-electron chi connectivity index (χ1n) is 5.75. The molecule has 0 saturated heterocycles. The molecular formula is C14H19Si. The molecule has 0 spiro atoms. The van der Waals surface area contributed by atoms with Crippen LogP contribution in [0.25, 0.3) is 6.08 Å². The van der Waals surface area contributed by atoms with Gasteiger partial charge >= 0.3 is 0 Å². The predicted octanol–water partition coefficient (Wildman–Crippen LogP) is 3.73. The summed E-state index contributed by atoms with van der Waals surface area (Å²) in [5, 5.41) is 1.26. The zero-order chi connectivity index (χ0) is 11.3. The lowest BCUT2D eigenvalue weighted by Gasteiger charge is -2.10. The molecule has 0 heterocycles. The van der Waals surface area contributed by atoms with Gasteiger partial charge in [-0.05, 0) is 36.0 Å². The Labute approximate surface area is 96.8 Å². The summed E-state index contributed by atoms with van der Waals surface area (Å²) < 4.78 is 0. The predicted molar refractivity (Wildman–Crippen MR) is 69.2 cm³/mol. The van der Waals surface area contributed by atoms with E-state index < -0.39 is 0 Å². The number of hydrogen-bond acceptors (Lipinski definition) is 0. The van der Waals surface area contributed by atoms with Crippen LogP contribution in [0.15, 0.2) is 23.4 Å². The molecule has 0 nitrogen and oxygen atoms in total. The molecule has 0 fully saturated rings. The van der Waals surface area contributed by atoms with Crippen LogP contribution in [0.4, 0.5) is 0 Å². The highest BCUT2D eigenvalue weighted by Crippen LogP contribution is 2.19. The van der Waals surface area contributed by atoms with Crippen LogP contribution < -0.4 is 0 Å². The van der Waals surface area contributed by atoms with Crippen LogP contribution >= 0.6 is 0 Å². The van der Waals surface area contributed by atoms with Gasteiger partial charge in [0.05, 0.1) is 10.2 Å². The summed E-state index contributed by atoms with van der Waals surface area (Å²) in [6.07, 6.45) is 5.53. The van der Waals surface area contributed by atoms with Crippen LogP contribution in [0.3, 0.4) is 0 Å². The van der Waals surface area contributed by atoms with Gasteiger partial charge in [-0.3, -0.25) is 0 Å². The summed E-state index contributed by atoms with van der Waals surface area (Å²) in [6.45, 7) is 6.61. The normalized spacial score (nSPS) is 11.9. The third kappa shape index (κ3) is 3.06. The van der Waals surface area contributed by atoms with E-state index in [1.54, 1.807) is 0 Å². The minimum absolute atomic E-state index is 1.05. The molecule has 0 aliphatic rings. The molecule has 0 saturated carbocycles. The second-order valence-electron chi connectivity index (χ2n) is 3.72. The molecule has 0 amide bonds. The van der Waals surface area contributed by atoms with Gasteiger partial charge in [-0.2, -0.15) is 0 Å². The molecule has 1 heteroatoms. The lowest BCUT2D eigenvalue weighted by Crippen LogP contribution is -1.95.